The molecule has 0 radical (unpaired) electrons. The maximum absolute atomic E-state index is 12.6. The molecule has 1 N–H and O–H groups in total. The summed E-state index contributed by atoms with van der Waals surface area (Å²) in [4.78, 5) is 21.5. The highest BCUT2D eigenvalue weighted by Crippen LogP contribution is 2.25. The molecular weight excluding hydrogens is 234 g/mol. The molecule has 0 unspecified atom stereocenters. The average molecular weight is 245 g/mol. The van der Waals surface area contributed by atoms with Crippen LogP contribution in [0.5, 0.6) is 0 Å². The second kappa shape index (κ2) is 5.66. The molecule has 4 nitrogen and oxygen atoms in total. The Morgan fingerprint density at radius 2 is 1.88 bits per heavy atom. The molecule has 0 bridgehead atoms. The number of hydrogen-bond donors (Lipinski definition) is 1. The van der Waals surface area contributed by atoms with Gasteiger partial charge in [0.15, 0.2) is 0 Å². The Balaban J connectivity index is 4.59. The summed E-state index contributed by atoms with van der Waals surface area (Å²) in [7, 11) is 0. The Morgan fingerprint density at radius 1 is 1.38 bits per heavy atom. The number of carboxylic acids is 1. The van der Waals surface area contributed by atoms with Crippen molar-refractivity contribution in [1.29, 1.82) is 0 Å². The van der Waals surface area contributed by atoms with Crippen molar-refractivity contribution in [2.45, 2.75) is 25.7 Å². The lowest BCUT2D eigenvalue weighted by Crippen LogP contribution is -2.48. The molecule has 0 atom stereocenters. The van der Waals surface area contributed by atoms with Crippen molar-refractivity contribution in [1.82, 2.24) is 4.90 Å². The Bertz CT molecular complexity index is 270. The normalized spacial score (nSPS) is 11.6. The number of hydrogen-bond acceptors (Lipinski definition) is 2. The molecule has 94 valence electrons. The first-order valence-electron chi connectivity index (χ1n) is 4.40. The summed E-state index contributed by atoms with van der Waals surface area (Å²) in [6, 6.07) is 0. The molecule has 0 saturated carbocycles. The number of alkyl halides is 4. The van der Waals surface area contributed by atoms with Crippen LogP contribution in [0.25, 0.3) is 0 Å². The van der Waals surface area contributed by atoms with Gasteiger partial charge in [-0.2, -0.15) is 8.78 Å². The molecule has 0 heterocycles. The molecule has 0 aromatic rings. The molecule has 1 amide bonds. The minimum absolute atomic E-state index is 0.256. The van der Waals surface area contributed by atoms with Crippen molar-refractivity contribution in [3.8, 4) is 0 Å². The molecule has 0 spiro atoms. The van der Waals surface area contributed by atoms with Crippen LogP contribution in [0, 0.1) is 0 Å². The number of aliphatic carboxylic acids is 1. The molecule has 16 heavy (non-hydrogen) atoms. The van der Waals surface area contributed by atoms with Crippen LogP contribution in [0.3, 0.4) is 0 Å². The maximum Gasteiger partial charge on any atom is 0.383 e. The summed E-state index contributed by atoms with van der Waals surface area (Å²) in [6.07, 6.45) is -4.67. The highest BCUT2D eigenvalue weighted by molar-refractivity contribution is 5.84. The van der Waals surface area contributed by atoms with E-state index in [2.05, 4.69) is 0 Å². The molecule has 0 fully saturated rings. The van der Waals surface area contributed by atoms with Gasteiger partial charge in [-0.1, -0.05) is 0 Å². The van der Waals surface area contributed by atoms with E-state index in [0.29, 0.717) is 4.90 Å². The van der Waals surface area contributed by atoms with Gasteiger partial charge in [0.05, 0.1) is 6.42 Å². The van der Waals surface area contributed by atoms with Crippen LogP contribution in [0.15, 0.2) is 0 Å². The minimum Gasteiger partial charge on any atom is -0.481 e. The van der Waals surface area contributed by atoms with Crippen molar-refractivity contribution in [3.05, 3.63) is 0 Å². The van der Waals surface area contributed by atoms with E-state index in [1.807, 2.05) is 0 Å². The van der Waals surface area contributed by atoms with E-state index in [1.54, 1.807) is 0 Å². The largest absolute Gasteiger partial charge is 0.481 e. The van der Waals surface area contributed by atoms with E-state index in [1.165, 1.54) is 6.92 Å². The fourth-order valence-corrected chi connectivity index (χ4v) is 0.938. The Morgan fingerprint density at radius 3 is 2.19 bits per heavy atom. The molecule has 0 aliphatic heterocycles. The Kier molecular flexibility index (Phi) is 5.19. The zero-order chi connectivity index (χ0) is 12.9. The first kappa shape index (κ1) is 14.7. The zero-order valence-corrected chi connectivity index (χ0v) is 8.42. The van der Waals surface area contributed by atoms with Gasteiger partial charge in [-0.3, -0.25) is 9.59 Å². The van der Waals surface area contributed by atoms with Gasteiger partial charge in [-0.25, -0.2) is 8.78 Å². The van der Waals surface area contributed by atoms with Crippen molar-refractivity contribution in [2.75, 3.05) is 13.1 Å². The van der Waals surface area contributed by atoms with E-state index in [-0.39, 0.29) is 6.54 Å². The predicted octanol–water partition coefficient (Wildman–Crippen LogP) is 1.21. The van der Waals surface area contributed by atoms with Gasteiger partial charge >= 0.3 is 18.3 Å². The molecule has 8 heteroatoms. The van der Waals surface area contributed by atoms with E-state index in [9.17, 15) is 27.2 Å². The molecule has 0 aromatic carbocycles. The van der Waals surface area contributed by atoms with Crippen LogP contribution in [0.4, 0.5) is 17.6 Å². The topological polar surface area (TPSA) is 57.6 Å². The maximum atomic E-state index is 12.6. The number of carbonyl (C=O) groups excluding carboxylic acids is 1. The van der Waals surface area contributed by atoms with E-state index >= 15 is 0 Å². The molecule has 0 aromatic heterocycles. The lowest BCUT2D eigenvalue weighted by Gasteiger charge is -2.24. The van der Waals surface area contributed by atoms with Crippen LogP contribution in [0.2, 0.25) is 0 Å². The Labute approximate surface area is 88.8 Å². The van der Waals surface area contributed by atoms with E-state index in [4.69, 9.17) is 5.11 Å². The van der Waals surface area contributed by atoms with Crippen LogP contribution in [-0.2, 0) is 9.59 Å². The summed E-state index contributed by atoms with van der Waals surface area (Å²) in [5.74, 6) is -8.12. The SMILES string of the molecule is CCN(CCC(=O)O)C(=O)C(F)(F)C(F)F. The Hall–Kier alpha value is -1.34. The zero-order valence-electron chi connectivity index (χ0n) is 8.42. The summed E-state index contributed by atoms with van der Waals surface area (Å²) in [6.45, 7) is 0.517. The summed E-state index contributed by atoms with van der Waals surface area (Å²) in [5.41, 5.74) is 0. The molecular formula is C8H11F4NO3. The van der Waals surface area contributed by atoms with Gasteiger partial charge in [0.25, 0.3) is 5.91 Å². The van der Waals surface area contributed by atoms with Crippen molar-refractivity contribution in [3.63, 3.8) is 0 Å². The number of halogens is 4. The van der Waals surface area contributed by atoms with Gasteiger partial charge in [-0.15, -0.1) is 0 Å². The molecule has 0 aliphatic rings. The third kappa shape index (κ3) is 3.67. The standard InChI is InChI=1S/C8H11F4NO3/c1-2-13(4-3-5(14)15)7(16)8(11,12)6(9)10/h6H,2-4H2,1H3,(H,14,15). The van der Waals surface area contributed by atoms with Gasteiger partial charge in [0.1, 0.15) is 0 Å². The molecule has 0 saturated heterocycles. The third-order valence-corrected chi connectivity index (χ3v) is 1.82. The highest BCUT2D eigenvalue weighted by Gasteiger charge is 2.50. The summed E-state index contributed by atoms with van der Waals surface area (Å²) >= 11 is 0. The first-order chi connectivity index (χ1) is 7.23. The second-order valence-electron chi connectivity index (χ2n) is 2.95. The number of carboxylic acid groups (broad SMARTS) is 1. The first-order valence-corrected chi connectivity index (χ1v) is 4.40. The van der Waals surface area contributed by atoms with E-state index in [0.717, 1.165) is 0 Å². The lowest BCUT2D eigenvalue weighted by molar-refractivity contribution is -0.180. The number of amides is 1. The fourth-order valence-electron chi connectivity index (χ4n) is 0.938. The monoisotopic (exact) mass is 245 g/mol. The van der Waals surface area contributed by atoms with Crippen molar-refractivity contribution < 1.29 is 32.3 Å². The van der Waals surface area contributed by atoms with Crippen molar-refractivity contribution >= 4 is 11.9 Å². The minimum atomic E-state index is -4.77. The second-order valence-corrected chi connectivity index (χ2v) is 2.95. The van der Waals surface area contributed by atoms with Gasteiger partial charge < -0.3 is 10.0 Å². The highest BCUT2D eigenvalue weighted by atomic mass is 19.3. The summed E-state index contributed by atoms with van der Waals surface area (Å²) in [5, 5.41) is 8.28. The lowest BCUT2D eigenvalue weighted by atomic mass is 10.2. The van der Waals surface area contributed by atoms with Gasteiger partial charge in [0.2, 0.25) is 0 Å². The molecule has 0 rings (SSSR count). The quantitative estimate of drug-likeness (QED) is 0.715. The average Bonchev–Trinajstić information content (AvgIpc) is 2.17. The predicted molar refractivity (Wildman–Crippen MR) is 45.5 cm³/mol. The molecule has 0 aliphatic carbocycles. The third-order valence-electron chi connectivity index (χ3n) is 1.82. The number of nitrogens with zero attached hydrogens (tertiary/aromatic N) is 1. The van der Waals surface area contributed by atoms with Crippen molar-refractivity contribution in [2.24, 2.45) is 0 Å². The van der Waals surface area contributed by atoms with Crippen LogP contribution >= 0.6 is 0 Å². The van der Waals surface area contributed by atoms with Gasteiger partial charge in [-0.05, 0) is 6.92 Å². The fraction of sp³-hybridized carbons (Fsp3) is 0.750. The smallest absolute Gasteiger partial charge is 0.383 e. The number of rotatable bonds is 6. The van der Waals surface area contributed by atoms with Crippen LogP contribution < -0.4 is 0 Å². The van der Waals surface area contributed by atoms with E-state index < -0.39 is 37.2 Å². The number of carbonyl (C=O) groups is 2. The van der Waals surface area contributed by atoms with Gasteiger partial charge in [0, 0.05) is 13.1 Å². The van der Waals surface area contributed by atoms with Crippen LogP contribution in [-0.4, -0.2) is 47.3 Å². The summed E-state index contributed by atoms with van der Waals surface area (Å²) < 4.78 is 48.9. The van der Waals surface area contributed by atoms with Crippen LogP contribution in [0.1, 0.15) is 13.3 Å².